The van der Waals surface area contributed by atoms with E-state index >= 15 is 0 Å². The molecule has 0 heterocycles. The minimum absolute atomic E-state index is 0. The van der Waals surface area contributed by atoms with Gasteiger partial charge in [0.25, 0.3) is 0 Å². The van der Waals surface area contributed by atoms with Gasteiger partial charge in [-0.3, -0.25) is 0 Å². The van der Waals surface area contributed by atoms with E-state index in [1.54, 1.807) is 0 Å². The van der Waals surface area contributed by atoms with Crippen LogP contribution in [0.4, 0.5) is 5.69 Å². The molecule has 68 valence electrons. The van der Waals surface area contributed by atoms with Crippen molar-refractivity contribution in [2.75, 3.05) is 14.1 Å². The van der Waals surface area contributed by atoms with E-state index in [-0.39, 0.29) is 51.0 Å². The van der Waals surface area contributed by atoms with Gasteiger partial charge in [0.05, 0.1) is 14.1 Å². The molecule has 1 aromatic rings. The smallest absolute Gasteiger partial charge is 0.130 e. The second-order valence-corrected chi connectivity index (χ2v) is 2.37. The maximum Gasteiger partial charge on any atom is 0.130 e. The van der Waals surface area contributed by atoms with E-state index in [0.29, 0.717) is 0 Å². The van der Waals surface area contributed by atoms with E-state index < -0.39 is 0 Å². The molecule has 0 bridgehead atoms. The summed E-state index contributed by atoms with van der Waals surface area (Å²) in [4.78, 5) is 1.37. The van der Waals surface area contributed by atoms with Crippen LogP contribution in [0, 0.1) is 0 Å². The number of hydrogen-bond acceptors (Lipinski definition) is 0. The fraction of sp³-hybridized carbons (Fsp3) is 0.250. The third-order valence-corrected chi connectivity index (χ3v) is 1.35. The van der Waals surface area contributed by atoms with Crippen LogP contribution >= 0.6 is 0 Å². The Bertz CT molecular complexity index is 180. The summed E-state index contributed by atoms with van der Waals surface area (Å²) >= 11 is 0. The van der Waals surface area contributed by atoms with Crippen LogP contribution in [0.25, 0.3) is 0 Å². The van der Waals surface area contributed by atoms with Crippen molar-refractivity contribution >= 4 is 5.69 Å². The Morgan fingerprint density at radius 3 is 1.58 bits per heavy atom. The van der Waals surface area contributed by atoms with Crippen LogP contribution in [0.5, 0.6) is 0 Å². The molecule has 0 aliphatic heterocycles. The van der Waals surface area contributed by atoms with Crippen molar-refractivity contribution in [2.45, 2.75) is 0 Å². The molecule has 0 aromatic heterocycles. The molecule has 1 nitrogen and oxygen atoms in total. The van der Waals surface area contributed by atoms with Crippen LogP contribution in [0.15, 0.2) is 30.3 Å². The van der Waals surface area contributed by atoms with E-state index in [9.17, 15) is 0 Å². The number of hydrogen-bond donors (Lipinski definition) is 1. The van der Waals surface area contributed by atoms with E-state index in [1.807, 2.05) is 6.07 Å². The summed E-state index contributed by atoms with van der Waals surface area (Å²) in [7, 11) is 4.24. The van der Waals surface area contributed by atoms with Crippen molar-refractivity contribution in [1.29, 1.82) is 0 Å². The minimum Gasteiger partial charge on any atom is -1.00 e. The first kappa shape index (κ1) is 18.4. The number of halogens is 2. The summed E-state index contributed by atoms with van der Waals surface area (Å²) in [6.45, 7) is 0. The van der Waals surface area contributed by atoms with Crippen LogP contribution < -0.4 is 29.7 Å². The van der Waals surface area contributed by atoms with Gasteiger partial charge in [0.1, 0.15) is 5.69 Å². The van der Waals surface area contributed by atoms with Crippen molar-refractivity contribution < 1.29 is 55.9 Å². The van der Waals surface area contributed by atoms with Crippen molar-refractivity contribution in [3.63, 3.8) is 0 Å². The fourth-order valence-corrected chi connectivity index (χ4v) is 0.771. The summed E-state index contributed by atoms with van der Waals surface area (Å²) in [5.74, 6) is 0. The number of para-hydroxylation sites is 1. The van der Waals surface area contributed by atoms with E-state index in [0.717, 1.165) is 0 Å². The van der Waals surface area contributed by atoms with Crippen LogP contribution in [0.1, 0.15) is 0 Å². The largest absolute Gasteiger partial charge is 1.00 e. The van der Waals surface area contributed by atoms with Gasteiger partial charge in [-0.05, 0) is 12.1 Å². The Hall–Kier alpha value is 0.643. The number of quaternary nitrogens is 1. The predicted octanol–water partition coefficient (Wildman–Crippen LogP) is -5.53. The second kappa shape index (κ2) is 9.73. The predicted molar refractivity (Wildman–Crippen MR) is 38.9 cm³/mol. The first-order valence-electron chi connectivity index (χ1n) is 3.16. The van der Waals surface area contributed by atoms with Crippen LogP contribution in [-0.4, -0.2) is 14.1 Å². The monoisotopic (exact) mass is 282 g/mol. The summed E-state index contributed by atoms with van der Waals surface area (Å²) in [5, 5.41) is 0. The summed E-state index contributed by atoms with van der Waals surface area (Å²) < 4.78 is 0. The van der Waals surface area contributed by atoms with Crippen molar-refractivity contribution in [2.24, 2.45) is 0 Å². The zero-order chi connectivity index (χ0) is 6.69. The summed E-state index contributed by atoms with van der Waals surface area (Å²) in [6, 6.07) is 10.4. The molecule has 1 rings (SSSR count). The Balaban J connectivity index is -0.000000270. The molecule has 0 saturated heterocycles. The van der Waals surface area contributed by atoms with Gasteiger partial charge in [0.2, 0.25) is 0 Å². The maximum atomic E-state index is 2.12. The molecule has 0 spiro atoms. The molecule has 0 amide bonds. The minimum atomic E-state index is 0. The quantitative estimate of drug-likeness (QED) is 0.525. The molecular formula is C8H12Cl2NZr-. The van der Waals surface area contributed by atoms with Crippen LogP contribution in [0.2, 0.25) is 0 Å². The zero-order valence-electron chi connectivity index (χ0n) is 7.14. The van der Waals surface area contributed by atoms with Crippen LogP contribution in [-0.2, 0) is 26.2 Å². The second-order valence-electron chi connectivity index (χ2n) is 2.37. The third kappa shape index (κ3) is 6.19. The van der Waals surface area contributed by atoms with Gasteiger partial charge in [0, 0.05) is 26.2 Å². The molecular weight excluding hydrogens is 272 g/mol. The average Bonchev–Trinajstić information content (AvgIpc) is 1.90. The molecule has 0 aliphatic carbocycles. The third-order valence-electron chi connectivity index (χ3n) is 1.35. The fourth-order valence-electron chi connectivity index (χ4n) is 0.771. The van der Waals surface area contributed by atoms with Gasteiger partial charge >= 0.3 is 0 Å². The first-order chi connectivity index (χ1) is 4.30. The Kier molecular flexibility index (Phi) is 14.9. The maximum absolute atomic E-state index is 2.12. The van der Waals surface area contributed by atoms with E-state index in [2.05, 4.69) is 38.4 Å². The number of rotatable bonds is 1. The zero-order valence-corrected chi connectivity index (χ0v) is 11.1. The molecule has 12 heavy (non-hydrogen) atoms. The topological polar surface area (TPSA) is 4.44 Å². The van der Waals surface area contributed by atoms with Crippen molar-refractivity contribution in [3.8, 4) is 0 Å². The van der Waals surface area contributed by atoms with E-state index in [1.165, 1.54) is 10.6 Å². The van der Waals surface area contributed by atoms with E-state index in [4.69, 9.17) is 0 Å². The van der Waals surface area contributed by atoms with Gasteiger partial charge in [-0.1, -0.05) is 18.2 Å². The normalized spacial score (nSPS) is 7.58. The Morgan fingerprint density at radius 2 is 1.33 bits per heavy atom. The molecule has 0 fully saturated rings. The SMILES string of the molecule is C[NH+](C)c1ccccc1.[Cl-].[Cl-].[Zr]. The van der Waals surface area contributed by atoms with Crippen molar-refractivity contribution in [1.82, 2.24) is 0 Å². The van der Waals surface area contributed by atoms with Crippen molar-refractivity contribution in [3.05, 3.63) is 30.3 Å². The molecule has 1 N–H and O–H groups in total. The van der Waals surface area contributed by atoms with Gasteiger partial charge < -0.3 is 29.7 Å². The molecule has 0 radical (unpaired) electrons. The summed E-state index contributed by atoms with van der Waals surface area (Å²) in [6.07, 6.45) is 0. The molecule has 0 aliphatic rings. The average molecular weight is 284 g/mol. The van der Waals surface area contributed by atoms with Crippen LogP contribution in [0.3, 0.4) is 0 Å². The first-order valence-corrected chi connectivity index (χ1v) is 3.16. The van der Waals surface area contributed by atoms with Gasteiger partial charge in [-0.2, -0.15) is 0 Å². The molecule has 0 atom stereocenters. The molecule has 1 aromatic carbocycles. The Labute approximate surface area is 105 Å². The molecule has 0 saturated carbocycles. The van der Waals surface area contributed by atoms with Gasteiger partial charge in [0.15, 0.2) is 0 Å². The standard InChI is InChI=1S/C8H11N.2ClH.Zr/c1-9(2)8-6-4-3-5-7-8;;;/h3-7H,1-2H3;2*1H;/p-1. The molecule has 4 heteroatoms. The summed E-state index contributed by atoms with van der Waals surface area (Å²) in [5.41, 5.74) is 1.33. The Morgan fingerprint density at radius 1 is 0.917 bits per heavy atom. The van der Waals surface area contributed by atoms with Gasteiger partial charge in [-0.25, -0.2) is 0 Å². The number of benzene rings is 1. The van der Waals surface area contributed by atoms with Gasteiger partial charge in [-0.15, -0.1) is 0 Å². The number of nitrogens with one attached hydrogen (secondary N) is 1. The molecule has 0 unspecified atom stereocenters.